The van der Waals surface area contributed by atoms with Crippen molar-refractivity contribution < 1.29 is 4.79 Å². The first kappa shape index (κ1) is 11.1. The van der Waals surface area contributed by atoms with E-state index in [1.807, 2.05) is 18.2 Å². The predicted octanol–water partition coefficient (Wildman–Crippen LogP) is 1.94. The number of nitrogens with zero attached hydrogens (tertiary/aromatic N) is 1. The van der Waals surface area contributed by atoms with E-state index in [4.69, 9.17) is 0 Å². The molecule has 82 valence electrons. The molecular weight excluding hydrogens is 317 g/mol. The second kappa shape index (κ2) is 5.11. The molecule has 1 heterocycles. The first-order valence-electron chi connectivity index (χ1n) is 4.78. The van der Waals surface area contributed by atoms with E-state index in [1.54, 1.807) is 18.5 Å². The van der Waals surface area contributed by atoms with Crippen LogP contribution >= 0.6 is 22.6 Å². The lowest BCUT2D eigenvalue weighted by Gasteiger charge is -2.04. The van der Waals surface area contributed by atoms with E-state index in [9.17, 15) is 4.79 Å². The van der Waals surface area contributed by atoms with Gasteiger partial charge >= 0.3 is 0 Å². The third-order valence-electron chi connectivity index (χ3n) is 2.09. The molecule has 1 amide bonds. The van der Waals surface area contributed by atoms with Gasteiger partial charge in [0, 0.05) is 16.0 Å². The maximum absolute atomic E-state index is 11.8. The third-order valence-corrected chi connectivity index (χ3v) is 3.03. The van der Waals surface area contributed by atoms with Crippen molar-refractivity contribution in [2.24, 2.45) is 0 Å². The SMILES string of the molecule is O=C(NCc1ncc[nH]1)c1ccccc1I. The van der Waals surface area contributed by atoms with Crippen LogP contribution in [0, 0.1) is 3.57 Å². The Morgan fingerprint density at radius 2 is 2.25 bits per heavy atom. The zero-order valence-electron chi connectivity index (χ0n) is 8.40. The number of benzene rings is 1. The van der Waals surface area contributed by atoms with Gasteiger partial charge in [-0.1, -0.05) is 12.1 Å². The van der Waals surface area contributed by atoms with Crippen LogP contribution in [-0.2, 0) is 6.54 Å². The summed E-state index contributed by atoms with van der Waals surface area (Å²) < 4.78 is 0.942. The molecule has 0 saturated heterocycles. The van der Waals surface area contributed by atoms with Crippen LogP contribution in [0.4, 0.5) is 0 Å². The van der Waals surface area contributed by atoms with Gasteiger partial charge in [0.2, 0.25) is 0 Å². The number of aromatic nitrogens is 2. The number of amides is 1. The van der Waals surface area contributed by atoms with Crippen molar-refractivity contribution in [3.8, 4) is 0 Å². The van der Waals surface area contributed by atoms with E-state index in [0.717, 1.165) is 9.39 Å². The summed E-state index contributed by atoms with van der Waals surface area (Å²) in [5.41, 5.74) is 0.689. The molecule has 0 bridgehead atoms. The molecule has 2 rings (SSSR count). The van der Waals surface area contributed by atoms with Crippen LogP contribution in [0.15, 0.2) is 36.7 Å². The summed E-state index contributed by atoms with van der Waals surface area (Å²) in [5.74, 6) is 0.667. The third kappa shape index (κ3) is 2.60. The Morgan fingerprint density at radius 1 is 1.44 bits per heavy atom. The summed E-state index contributed by atoms with van der Waals surface area (Å²) in [6, 6.07) is 7.47. The summed E-state index contributed by atoms with van der Waals surface area (Å²) in [6.07, 6.45) is 3.39. The molecule has 5 heteroatoms. The maximum atomic E-state index is 11.8. The van der Waals surface area contributed by atoms with Gasteiger partial charge in [-0.2, -0.15) is 0 Å². The molecule has 0 atom stereocenters. The molecule has 0 aliphatic carbocycles. The molecule has 0 saturated carbocycles. The van der Waals surface area contributed by atoms with E-state index in [-0.39, 0.29) is 5.91 Å². The summed E-state index contributed by atoms with van der Waals surface area (Å²) >= 11 is 2.14. The summed E-state index contributed by atoms with van der Waals surface area (Å²) in [6.45, 7) is 0.413. The van der Waals surface area contributed by atoms with Crippen molar-refractivity contribution in [2.45, 2.75) is 6.54 Å². The van der Waals surface area contributed by atoms with Gasteiger partial charge in [0.15, 0.2) is 0 Å². The normalized spacial score (nSPS) is 10.1. The van der Waals surface area contributed by atoms with Crippen LogP contribution in [-0.4, -0.2) is 15.9 Å². The largest absolute Gasteiger partial charge is 0.347 e. The van der Waals surface area contributed by atoms with Gasteiger partial charge in [0.05, 0.1) is 12.1 Å². The fourth-order valence-corrected chi connectivity index (χ4v) is 1.93. The number of carbonyl (C=O) groups excluding carboxylic acids is 1. The van der Waals surface area contributed by atoms with E-state index < -0.39 is 0 Å². The zero-order valence-corrected chi connectivity index (χ0v) is 10.6. The number of aromatic amines is 1. The van der Waals surface area contributed by atoms with Gasteiger partial charge in [-0.15, -0.1) is 0 Å². The Hall–Kier alpha value is -1.37. The molecule has 0 aliphatic heterocycles. The van der Waals surface area contributed by atoms with Crippen molar-refractivity contribution in [3.63, 3.8) is 0 Å². The predicted molar refractivity (Wildman–Crippen MR) is 68.9 cm³/mol. The molecule has 0 radical (unpaired) electrons. The zero-order chi connectivity index (χ0) is 11.4. The van der Waals surface area contributed by atoms with Gasteiger partial charge in [0.25, 0.3) is 5.91 Å². The molecule has 0 aliphatic rings. The standard InChI is InChI=1S/C11H10IN3O/c12-9-4-2-1-3-8(9)11(16)15-7-10-13-5-6-14-10/h1-6H,7H2,(H,13,14)(H,15,16). The second-order valence-electron chi connectivity index (χ2n) is 3.20. The van der Waals surface area contributed by atoms with Crippen LogP contribution < -0.4 is 5.32 Å². The van der Waals surface area contributed by atoms with Gasteiger partial charge in [-0.3, -0.25) is 4.79 Å². The topological polar surface area (TPSA) is 57.8 Å². The number of hydrogen-bond acceptors (Lipinski definition) is 2. The molecule has 16 heavy (non-hydrogen) atoms. The van der Waals surface area contributed by atoms with Crippen LogP contribution in [0.2, 0.25) is 0 Å². The summed E-state index contributed by atoms with van der Waals surface area (Å²) in [4.78, 5) is 18.8. The minimum Gasteiger partial charge on any atom is -0.347 e. The van der Waals surface area contributed by atoms with Gasteiger partial charge < -0.3 is 10.3 Å². The Morgan fingerprint density at radius 3 is 2.94 bits per heavy atom. The Bertz CT molecular complexity index is 482. The minimum atomic E-state index is -0.0820. The number of hydrogen-bond donors (Lipinski definition) is 2. The fraction of sp³-hybridized carbons (Fsp3) is 0.0909. The Labute approximate surface area is 107 Å². The molecule has 1 aromatic carbocycles. The summed E-state index contributed by atoms with van der Waals surface area (Å²) in [5, 5.41) is 2.80. The fourth-order valence-electron chi connectivity index (χ4n) is 1.30. The van der Waals surface area contributed by atoms with Crippen LogP contribution in [0.3, 0.4) is 0 Å². The summed E-state index contributed by atoms with van der Waals surface area (Å²) in [7, 11) is 0. The average molecular weight is 327 g/mol. The highest BCUT2D eigenvalue weighted by Crippen LogP contribution is 2.11. The van der Waals surface area contributed by atoms with E-state index >= 15 is 0 Å². The molecular formula is C11H10IN3O. The highest BCUT2D eigenvalue weighted by atomic mass is 127. The molecule has 0 spiro atoms. The van der Waals surface area contributed by atoms with Crippen molar-refractivity contribution in [2.75, 3.05) is 0 Å². The molecule has 4 nitrogen and oxygen atoms in total. The van der Waals surface area contributed by atoms with Crippen molar-refractivity contribution in [3.05, 3.63) is 51.6 Å². The Kier molecular flexibility index (Phi) is 3.55. The van der Waals surface area contributed by atoms with Gasteiger partial charge in [0.1, 0.15) is 5.82 Å². The highest BCUT2D eigenvalue weighted by molar-refractivity contribution is 14.1. The molecule has 0 unspecified atom stereocenters. The molecule has 2 N–H and O–H groups in total. The molecule has 0 fully saturated rings. The second-order valence-corrected chi connectivity index (χ2v) is 4.36. The maximum Gasteiger partial charge on any atom is 0.252 e. The van der Waals surface area contributed by atoms with E-state index in [0.29, 0.717) is 12.1 Å². The van der Waals surface area contributed by atoms with Crippen molar-refractivity contribution in [1.29, 1.82) is 0 Å². The van der Waals surface area contributed by atoms with E-state index in [2.05, 4.69) is 37.9 Å². The van der Waals surface area contributed by atoms with Crippen LogP contribution in [0.1, 0.15) is 16.2 Å². The quantitative estimate of drug-likeness (QED) is 0.847. The highest BCUT2D eigenvalue weighted by Gasteiger charge is 2.08. The first-order chi connectivity index (χ1) is 7.77. The van der Waals surface area contributed by atoms with Crippen LogP contribution in [0.5, 0.6) is 0 Å². The number of H-pyrrole nitrogens is 1. The van der Waals surface area contributed by atoms with Crippen LogP contribution in [0.25, 0.3) is 0 Å². The molecule has 1 aromatic heterocycles. The number of carbonyl (C=O) groups is 1. The molecule has 2 aromatic rings. The number of nitrogens with one attached hydrogen (secondary N) is 2. The lowest BCUT2D eigenvalue weighted by atomic mass is 10.2. The number of imidazole rings is 1. The smallest absolute Gasteiger partial charge is 0.252 e. The number of rotatable bonds is 3. The van der Waals surface area contributed by atoms with Gasteiger partial charge in [-0.05, 0) is 34.7 Å². The average Bonchev–Trinajstić information content (AvgIpc) is 2.79. The minimum absolute atomic E-state index is 0.0820. The van der Waals surface area contributed by atoms with Crippen molar-refractivity contribution >= 4 is 28.5 Å². The monoisotopic (exact) mass is 327 g/mol. The van der Waals surface area contributed by atoms with Gasteiger partial charge in [-0.25, -0.2) is 4.98 Å². The Balaban J connectivity index is 2.01. The van der Waals surface area contributed by atoms with E-state index in [1.165, 1.54) is 0 Å². The lowest BCUT2D eigenvalue weighted by molar-refractivity contribution is 0.0949. The number of halogens is 1. The lowest BCUT2D eigenvalue weighted by Crippen LogP contribution is -2.24. The van der Waals surface area contributed by atoms with Crippen molar-refractivity contribution in [1.82, 2.24) is 15.3 Å². The first-order valence-corrected chi connectivity index (χ1v) is 5.86.